The second-order valence-electron chi connectivity index (χ2n) is 5.88. The van der Waals surface area contributed by atoms with Crippen LogP contribution in [0.4, 0.5) is 4.79 Å². The number of halogens is 1. The van der Waals surface area contributed by atoms with E-state index in [2.05, 4.69) is 10.3 Å². The normalized spacial score (nSPS) is 20.0. The Morgan fingerprint density at radius 3 is 2.80 bits per heavy atom. The summed E-state index contributed by atoms with van der Waals surface area (Å²) < 4.78 is 11.2. The molecular weight excluding hydrogens is 344 g/mol. The van der Waals surface area contributed by atoms with Gasteiger partial charge >= 0.3 is 6.09 Å². The molecule has 1 fully saturated rings. The van der Waals surface area contributed by atoms with Crippen molar-refractivity contribution in [2.75, 3.05) is 19.8 Å². The number of carboxylic acid groups (broad SMARTS) is 1. The molecule has 1 aliphatic heterocycles. The lowest BCUT2D eigenvalue weighted by atomic mass is 9.97. The van der Waals surface area contributed by atoms with E-state index in [9.17, 15) is 4.79 Å². The molecule has 2 N–H and O–H groups in total. The van der Waals surface area contributed by atoms with E-state index in [0.29, 0.717) is 31.3 Å². The molecule has 1 aliphatic rings. The fourth-order valence-corrected chi connectivity index (χ4v) is 2.89. The molecule has 1 aromatic heterocycles. The van der Waals surface area contributed by atoms with Crippen LogP contribution in [0.25, 0.3) is 11.3 Å². The molecule has 132 valence electrons. The highest BCUT2D eigenvalue weighted by molar-refractivity contribution is 6.30. The van der Waals surface area contributed by atoms with Gasteiger partial charge in [0, 0.05) is 30.3 Å². The van der Waals surface area contributed by atoms with E-state index in [-0.39, 0.29) is 12.0 Å². The summed E-state index contributed by atoms with van der Waals surface area (Å²) in [5.74, 6) is 0.708. The largest absolute Gasteiger partial charge is 0.493 e. The van der Waals surface area contributed by atoms with Crippen molar-refractivity contribution < 1.29 is 19.4 Å². The number of nitrogens with one attached hydrogen (secondary N) is 1. The lowest BCUT2D eigenvalue weighted by Crippen LogP contribution is -2.47. The first-order chi connectivity index (χ1) is 12.1. The van der Waals surface area contributed by atoms with Gasteiger partial charge in [0.2, 0.25) is 0 Å². The molecule has 0 radical (unpaired) electrons. The van der Waals surface area contributed by atoms with Crippen LogP contribution < -0.4 is 10.1 Å². The summed E-state index contributed by atoms with van der Waals surface area (Å²) in [5.41, 5.74) is 1.80. The van der Waals surface area contributed by atoms with Crippen molar-refractivity contribution in [1.29, 1.82) is 0 Å². The van der Waals surface area contributed by atoms with E-state index in [0.717, 1.165) is 17.0 Å². The van der Waals surface area contributed by atoms with Gasteiger partial charge in [-0.15, -0.1) is 0 Å². The van der Waals surface area contributed by atoms with Gasteiger partial charge in [-0.3, -0.25) is 4.98 Å². The van der Waals surface area contributed by atoms with E-state index in [4.69, 9.17) is 26.2 Å². The Hall–Kier alpha value is -2.31. The zero-order chi connectivity index (χ0) is 17.6. The van der Waals surface area contributed by atoms with E-state index >= 15 is 0 Å². The smallest absolute Gasteiger partial charge is 0.404 e. The topological polar surface area (TPSA) is 80.7 Å². The maximum Gasteiger partial charge on any atom is 0.404 e. The molecule has 0 saturated carbocycles. The summed E-state index contributed by atoms with van der Waals surface area (Å²) >= 11 is 5.85. The van der Waals surface area contributed by atoms with Crippen LogP contribution in [0, 0.1) is 5.92 Å². The lowest BCUT2D eigenvalue weighted by molar-refractivity contribution is 0.0140. The average molecular weight is 363 g/mol. The molecule has 1 amide bonds. The predicted octanol–water partition coefficient (Wildman–Crippen LogP) is 3.45. The zero-order valence-corrected chi connectivity index (χ0v) is 14.3. The molecule has 7 heteroatoms. The molecule has 2 aromatic rings. The maximum atomic E-state index is 10.9. The molecule has 2 heterocycles. The molecule has 0 aliphatic carbocycles. The van der Waals surface area contributed by atoms with Crippen molar-refractivity contribution in [2.24, 2.45) is 5.92 Å². The van der Waals surface area contributed by atoms with Gasteiger partial charge in [-0.25, -0.2) is 4.79 Å². The van der Waals surface area contributed by atoms with Gasteiger partial charge in [0.05, 0.1) is 23.9 Å². The minimum Gasteiger partial charge on any atom is -0.493 e. The van der Waals surface area contributed by atoms with Gasteiger partial charge in [-0.2, -0.15) is 0 Å². The molecule has 0 spiro atoms. The number of nitrogens with zero attached hydrogens (tertiary/aromatic N) is 1. The summed E-state index contributed by atoms with van der Waals surface area (Å²) in [7, 11) is 0. The number of pyridine rings is 1. The van der Waals surface area contributed by atoms with Crippen LogP contribution in [0.2, 0.25) is 5.02 Å². The third kappa shape index (κ3) is 4.84. The number of hydrogen-bond donors (Lipinski definition) is 2. The van der Waals surface area contributed by atoms with Crippen molar-refractivity contribution in [1.82, 2.24) is 10.3 Å². The number of aromatic nitrogens is 1. The number of benzene rings is 1. The van der Waals surface area contributed by atoms with Crippen LogP contribution in [0.15, 0.2) is 42.6 Å². The Bertz CT molecular complexity index is 706. The van der Waals surface area contributed by atoms with Crippen LogP contribution >= 0.6 is 11.6 Å². The fourth-order valence-electron chi connectivity index (χ4n) is 2.78. The first-order valence-corrected chi connectivity index (χ1v) is 8.41. The average Bonchev–Trinajstić information content (AvgIpc) is 2.62. The molecule has 3 rings (SSSR count). The molecule has 0 bridgehead atoms. The summed E-state index contributed by atoms with van der Waals surface area (Å²) in [4.78, 5) is 15.2. The number of amides is 1. The highest BCUT2D eigenvalue weighted by Gasteiger charge is 2.27. The van der Waals surface area contributed by atoms with Crippen molar-refractivity contribution >= 4 is 17.7 Å². The van der Waals surface area contributed by atoms with E-state index in [1.807, 2.05) is 30.3 Å². The van der Waals surface area contributed by atoms with Crippen molar-refractivity contribution in [3.63, 3.8) is 0 Å². The number of hydrogen-bond acceptors (Lipinski definition) is 4. The first-order valence-electron chi connectivity index (χ1n) is 8.04. The van der Waals surface area contributed by atoms with Crippen LogP contribution in [0.1, 0.15) is 6.42 Å². The van der Waals surface area contributed by atoms with Gasteiger partial charge in [0.15, 0.2) is 0 Å². The Kier molecular flexibility index (Phi) is 5.73. The lowest BCUT2D eigenvalue weighted by Gasteiger charge is -2.31. The molecule has 25 heavy (non-hydrogen) atoms. The first kappa shape index (κ1) is 17.5. The standard InChI is InChI=1S/C18H19ClN2O4/c19-14-3-6-16(20-9-14)12-1-4-15(5-2-12)25-11-13-10-24-8-7-17(13)21-18(22)23/h1-6,9,13,17,21H,7-8,10-11H2,(H,22,23)/t13-,17+/m1/s1. The molecule has 6 nitrogen and oxygen atoms in total. The molecule has 1 aromatic carbocycles. The van der Waals surface area contributed by atoms with Gasteiger partial charge in [0.1, 0.15) is 5.75 Å². The fraction of sp³-hybridized carbons (Fsp3) is 0.333. The Morgan fingerprint density at radius 2 is 2.12 bits per heavy atom. The van der Waals surface area contributed by atoms with Gasteiger partial charge in [0.25, 0.3) is 0 Å². The zero-order valence-electron chi connectivity index (χ0n) is 13.5. The van der Waals surface area contributed by atoms with Crippen molar-refractivity contribution in [3.8, 4) is 17.0 Å². The summed E-state index contributed by atoms with van der Waals surface area (Å²) in [5, 5.41) is 12.1. The van der Waals surface area contributed by atoms with Crippen LogP contribution in [-0.2, 0) is 4.74 Å². The van der Waals surface area contributed by atoms with Gasteiger partial charge in [-0.05, 0) is 42.8 Å². The van der Waals surface area contributed by atoms with Crippen molar-refractivity contribution in [3.05, 3.63) is 47.6 Å². The van der Waals surface area contributed by atoms with Gasteiger partial charge < -0.3 is 19.9 Å². The monoisotopic (exact) mass is 362 g/mol. The van der Waals surface area contributed by atoms with Crippen LogP contribution in [-0.4, -0.2) is 42.0 Å². The summed E-state index contributed by atoms with van der Waals surface area (Å²) in [6.07, 6.45) is 1.25. The highest BCUT2D eigenvalue weighted by Crippen LogP contribution is 2.23. The Morgan fingerprint density at radius 1 is 1.32 bits per heavy atom. The minimum atomic E-state index is -1.02. The second kappa shape index (κ2) is 8.18. The Balaban J connectivity index is 1.59. The highest BCUT2D eigenvalue weighted by atomic mass is 35.5. The summed E-state index contributed by atoms with van der Waals surface area (Å²) in [6, 6.07) is 11.1. The number of rotatable bonds is 5. The maximum absolute atomic E-state index is 10.9. The van der Waals surface area contributed by atoms with E-state index in [1.165, 1.54) is 0 Å². The van der Waals surface area contributed by atoms with Crippen LogP contribution in [0.5, 0.6) is 5.75 Å². The quantitative estimate of drug-likeness (QED) is 0.851. The number of ether oxygens (including phenoxy) is 2. The van der Waals surface area contributed by atoms with Crippen LogP contribution in [0.3, 0.4) is 0 Å². The number of carbonyl (C=O) groups is 1. The molecule has 2 atom stereocenters. The van der Waals surface area contributed by atoms with Gasteiger partial charge in [-0.1, -0.05) is 11.6 Å². The Labute approximate surface area is 150 Å². The minimum absolute atomic E-state index is 0.0116. The SMILES string of the molecule is O=C(O)N[C@H]1CCOC[C@@H]1COc1ccc(-c2ccc(Cl)cn2)cc1. The van der Waals surface area contributed by atoms with E-state index in [1.54, 1.807) is 12.3 Å². The third-order valence-electron chi connectivity index (χ3n) is 4.12. The predicted molar refractivity (Wildman–Crippen MR) is 94.1 cm³/mol. The third-order valence-corrected chi connectivity index (χ3v) is 4.35. The van der Waals surface area contributed by atoms with Crippen molar-refractivity contribution in [2.45, 2.75) is 12.5 Å². The van der Waals surface area contributed by atoms with E-state index < -0.39 is 6.09 Å². The molecule has 1 saturated heterocycles. The second-order valence-corrected chi connectivity index (χ2v) is 6.31. The molecule has 0 unspecified atom stereocenters. The summed E-state index contributed by atoms with van der Waals surface area (Å²) in [6.45, 7) is 1.44. The molecular formula is C18H19ClN2O4.